The molecule has 0 aromatic heterocycles. The maximum Gasteiger partial charge on any atom is 0.254 e. The molecule has 0 radical (unpaired) electrons. The Hall–Kier alpha value is -0.800. The van der Waals surface area contributed by atoms with Gasteiger partial charge in [-0.3, -0.25) is 4.79 Å². The van der Waals surface area contributed by atoms with Crippen molar-refractivity contribution < 1.29 is 9.18 Å². The Kier molecular flexibility index (Phi) is 5.63. The molecule has 1 amide bonds. The van der Waals surface area contributed by atoms with Crippen LogP contribution in [0, 0.1) is 11.2 Å². The fourth-order valence-corrected chi connectivity index (χ4v) is 2.41. The summed E-state index contributed by atoms with van der Waals surface area (Å²) in [6.07, 6.45) is 0.762. The molecule has 0 bridgehead atoms. The molecule has 0 heterocycles. The number of carbonyl (C=O) groups excluding carboxylic acids is 1. The number of hydrogen-bond acceptors (Lipinski definition) is 1. The van der Waals surface area contributed by atoms with E-state index in [0.29, 0.717) is 6.54 Å². The van der Waals surface area contributed by atoms with Gasteiger partial charge in [-0.2, -0.15) is 0 Å². The van der Waals surface area contributed by atoms with E-state index in [0.717, 1.165) is 12.5 Å². The first-order valence-electron chi connectivity index (χ1n) is 6.06. The van der Waals surface area contributed by atoms with Crippen LogP contribution in [0.25, 0.3) is 0 Å². The number of hydrogen-bond donors (Lipinski definition) is 1. The molecule has 0 aliphatic rings. The molecule has 1 rings (SSSR count). The minimum Gasteiger partial charge on any atom is -0.350 e. The number of nitrogens with one attached hydrogen (secondary N) is 1. The first kappa shape index (κ1) is 16.3. The maximum atomic E-state index is 13.5. The van der Waals surface area contributed by atoms with Crippen LogP contribution in [-0.2, 0) is 0 Å². The van der Waals surface area contributed by atoms with Crippen molar-refractivity contribution in [3.8, 4) is 0 Å². The molecule has 0 saturated heterocycles. The van der Waals surface area contributed by atoms with Crippen LogP contribution < -0.4 is 5.32 Å². The Morgan fingerprint density at radius 1 is 1.42 bits per heavy atom. The van der Waals surface area contributed by atoms with E-state index in [1.807, 2.05) is 0 Å². The van der Waals surface area contributed by atoms with Gasteiger partial charge in [0.2, 0.25) is 0 Å². The number of carbonyl (C=O) groups is 1. The van der Waals surface area contributed by atoms with Crippen molar-refractivity contribution in [3.05, 3.63) is 34.6 Å². The highest BCUT2D eigenvalue weighted by atomic mass is 35.5. The molecule has 5 heteroatoms. The molecule has 0 aliphatic carbocycles. The molecular weight excluding hydrogens is 288 g/mol. The Morgan fingerprint density at radius 2 is 2.05 bits per heavy atom. The van der Waals surface area contributed by atoms with E-state index >= 15 is 0 Å². The minimum absolute atomic E-state index is 0.0241. The lowest BCUT2D eigenvalue weighted by atomic mass is 9.90. The molecule has 19 heavy (non-hydrogen) atoms. The molecule has 0 fully saturated rings. The Labute approximate surface area is 123 Å². The van der Waals surface area contributed by atoms with Crippen LogP contribution in [0.2, 0.25) is 5.02 Å². The predicted molar refractivity (Wildman–Crippen MR) is 77.5 cm³/mol. The van der Waals surface area contributed by atoms with Crippen molar-refractivity contribution in [2.45, 2.75) is 32.6 Å². The van der Waals surface area contributed by atoms with E-state index in [2.05, 4.69) is 26.1 Å². The maximum absolute atomic E-state index is 13.5. The summed E-state index contributed by atoms with van der Waals surface area (Å²) in [6.45, 7) is 6.52. The second kappa shape index (κ2) is 6.58. The third kappa shape index (κ3) is 5.79. The molecular formula is C14H18Cl2FNO. The van der Waals surface area contributed by atoms with E-state index in [9.17, 15) is 9.18 Å². The molecule has 1 aromatic rings. The summed E-state index contributed by atoms with van der Waals surface area (Å²) in [5.41, 5.74) is 0.0619. The van der Waals surface area contributed by atoms with Crippen molar-refractivity contribution in [3.63, 3.8) is 0 Å². The Morgan fingerprint density at radius 3 is 2.58 bits per heavy atom. The van der Waals surface area contributed by atoms with Crippen molar-refractivity contribution in [1.82, 2.24) is 5.32 Å². The van der Waals surface area contributed by atoms with Gasteiger partial charge in [0, 0.05) is 11.6 Å². The molecule has 2 nitrogen and oxygen atoms in total. The van der Waals surface area contributed by atoms with E-state index in [1.165, 1.54) is 12.1 Å². The number of halogens is 3. The summed E-state index contributed by atoms with van der Waals surface area (Å²) in [7, 11) is 0. The van der Waals surface area contributed by atoms with Crippen molar-refractivity contribution in [1.29, 1.82) is 0 Å². The number of benzene rings is 1. The van der Waals surface area contributed by atoms with Gasteiger partial charge in [0.1, 0.15) is 5.82 Å². The SMILES string of the molecule is CC(C)(C)CC(Cl)CNC(=O)c1ccc(Cl)cc1F. The van der Waals surface area contributed by atoms with Gasteiger partial charge in [0.15, 0.2) is 0 Å². The minimum atomic E-state index is -0.632. The number of rotatable bonds is 4. The van der Waals surface area contributed by atoms with Crippen molar-refractivity contribution in [2.75, 3.05) is 6.54 Å². The molecule has 1 unspecified atom stereocenters. The third-order valence-electron chi connectivity index (χ3n) is 2.49. The normalized spacial score (nSPS) is 13.2. The van der Waals surface area contributed by atoms with Crippen LogP contribution in [0.3, 0.4) is 0 Å². The second-order valence-corrected chi connectivity index (χ2v) is 6.75. The molecule has 0 spiro atoms. The zero-order valence-corrected chi connectivity index (χ0v) is 12.8. The first-order chi connectivity index (χ1) is 8.69. The fourth-order valence-electron chi connectivity index (χ4n) is 1.71. The summed E-state index contributed by atoms with van der Waals surface area (Å²) in [5.74, 6) is -1.11. The molecule has 1 aromatic carbocycles. The molecule has 0 aliphatic heterocycles. The molecule has 0 saturated carbocycles. The summed E-state index contributed by atoms with van der Waals surface area (Å²) in [5, 5.41) is 2.71. The second-order valence-electron chi connectivity index (χ2n) is 5.70. The predicted octanol–water partition coefficient (Wildman–Crippen LogP) is 4.25. The van der Waals surface area contributed by atoms with Crippen LogP contribution in [0.15, 0.2) is 18.2 Å². The van der Waals surface area contributed by atoms with Gasteiger partial charge in [0.05, 0.1) is 10.9 Å². The van der Waals surface area contributed by atoms with E-state index in [1.54, 1.807) is 0 Å². The average Bonchev–Trinajstić information content (AvgIpc) is 2.23. The number of amides is 1. The van der Waals surface area contributed by atoms with E-state index in [4.69, 9.17) is 23.2 Å². The summed E-state index contributed by atoms with van der Waals surface area (Å²) in [4.78, 5) is 11.8. The Bertz CT molecular complexity index is 457. The zero-order chi connectivity index (χ0) is 14.6. The summed E-state index contributed by atoms with van der Waals surface area (Å²) < 4.78 is 13.5. The van der Waals surface area contributed by atoms with Crippen LogP contribution in [0.4, 0.5) is 4.39 Å². The lowest BCUT2D eigenvalue weighted by Gasteiger charge is -2.22. The average molecular weight is 306 g/mol. The van der Waals surface area contributed by atoms with Gasteiger partial charge in [-0.25, -0.2) is 4.39 Å². The van der Waals surface area contributed by atoms with Gasteiger partial charge in [-0.05, 0) is 30.0 Å². The van der Waals surface area contributed by atoms with E-state index < -0.39 is 11.7 Å². The van der Waals surface area contributed by atoms with Crippen molar-refractivity contribution >= 4 is 29.1 Å². The third-order valence-corrected chi connectivity index (χ3v) is 3.04. The molecule has 1 N–H and O–H groups in total. The Balaban J connectivity index is 2.56. The highest BCUT2D eigenvalue weighted by Crippen LogP contribution is 2.23. The molecule has 106 valence electrons. The standard InChI is InChI=1S/C14H18Cl2FNO/c1-14(2,3)7-10(16)8-18-13(19)11-5-4-9(15)6-12(11)17/h4-6,10H,7-8H2,1-3H3,(H,18,19). The van der Waals surface area contributed by atoms with Gasteiger partial charge in [-0.1, -0.05) is 32.4 Å². The smallest absolute Gasteiger partial charge is 0.254 e. The quantitative estimate of drug-likeness (QED) is 0.828. The highest BCUT2D eigenvalue weighted by Gasteiger charge is 2.18. The fraction of sp³-hybridized carbons (Fsp3) is 0.500. The summed E-state index contributed by atoms with van der Waals surface area (Å²) in [6, 6.07) is 3.96. The van der Waals surface area contributed by atoms with Gasteiger partial charge in [0.25, 0.3) is 5.91 Å². The zero-order valence-electron chi connectivity index (χ0n) is 11.3. The van der Waals surface area contributed by atoms with Crippen LogP contribution in [0.5, 0.6) is 0 Å². The van der Waals surface area contributed by atoms with Gasteiger partial charge in [-0.15, -0.1) is 11.6 Å². The topological polar surface area (TPSA) is 29.1 Å². The van der Waals surface area contributed by atoms with Crippen molar-refractivity contribution in [2.24, 2.45) is 5.41 Å². The molecule has 1 atom stereocenters. The summed E-state index contributed by atoms with van der Waals surface area (Å²) >= 11 is 11.8. The van der Waals surface area contributed by atoms with E-state index in [-0.39, 0.29) is 21.4 Å². The largest absolute Gasteiger partial charge is 0.350 e. The monoisotopic (exact) mass is 305 g/mol. The highest BCUT2D eigenvalue weighted by molar-refractivity contribution is 6.30. The lowest BCUT2D eigenvalue weighted by molar-refractivity contribution is 0.0948. The van der Waals surface area contributed by atoms with Crippen LogP contribution in [-0.4, -0.2) is 17.8 Å². The number of alkyl halides is 1. The lowest BCUT2D eigenvalue weighted by Crippen LogP contribution is -2.32. The van der Waals surface area contributed by atoms with Crippen LogP contribution in [0.1, 0.15) is 37.6 Å². The first-order valence-corrected chi connectivity index (χ1v) is 6.88. The van der Waals surface area contributed by atoms with Gasteiger partial charge < -0.3 is 5.32 Å². The van der Waals surface area contributed by atoms with Gasteiger partial charge >= 0.3 is 0 Å². The van der Waals surface area contributed by atoms with Crippen LogP contribution >= 0.6 is 23.2 Å².